The zero-order valence-electron chi connectivity index (χ0n) is 36.1. The molecule has 0 spiro atoms. The summed E-state index contributed by atoms with van der Waals surface area (Å²) >= 11 is 0. The lowest BCUT2D eigenvalue weighted by Crippen LogP contribution is -2.56. The zero-order chi connectivity index (χ0) is 42.3. The topological polar surface area (TPSA) is 19.6 Å². The van der Waals surface area contributed by atoms with Gasteiger partial charge in [0, 0.05) is 33.5 Å². The highest BCUT2D eigenvalue weighted by Crippen LogP contribution is 2.48. The average Bonchev–Trinajstić information content (AvgIpc) is 3.70. The number of rotatable bonds is 7. The Kier molecular flexibility index (Phi) is 8.85. The second-order valence-electron chi connectivity index (χ2n) is 17.4. The van der Waals surface area contributed by atoms with Crippen LogP contribution in [0.5, 0.6) is 0 Å². The summed E-state index contributed by atoms with van der Waals surface area (Å²) in [5.41, 5.74) is 19.2. The van der Waals surface area contributed by atoms with Crippen LogP contribution in [0.15, 0.2) is 186 Å². The fourth-order valence-corrected chi connectivity index (χ4v) is 13.5. The SMILES string of the molecule is Cc1c(C)c(N(c2ccccc2)c2ccccc2)c(C)c(C)c1-c1ccc2c3c(cccc13)[Si](C)(C)c1cc(N(c3ccccc3)c3cccc4c3oc3ccccc34)ccc1-2. The molecule has 0 atom stereocenters. The summed E-state index contributed by atoms with van der Waals surface area (Å²) in [6.45, 7) is 14.3. The van der Waals surface area contributed by atoms with Crippen molar-refractivity contribution in [1.82, 2.24) is 0 Å². The summed E-state index contributed by atoms with van der Waals surface area (Å²) in [4.78, 5) is 4.81. The Morgan fingerprint density at radius 3 is 1.60 bits per heavy atom. The van der Waals surface area contributed by atoms with Gasteiger partial charge in [-0.2, -0.15) is 0 Å². The minimum atomic E-state index is -2.25. The summed E-state index contributed by atoms with van der Waals surface area (Å²) in [7, 11) is -2.25. The molecule has 1 aliphatic rings. The lowest BCUT2D eigenvalue weighted by atomic mass is 9.84. The highest BCUT2D eigenvalue weighted by molar-refractivity contribution is 7.03. The smallest absolute Gasteiger partial charge is 0.159 e. The molecule has 2 heterocycles. The Bertz CT molecular complexity index is 3300. The molecule has 0 aliphatic carbocycles. The second kappa shape index (κ2) is 14.5. The number of benzene rings is 9. The van der Waals surface area contributed by atoms with Gasteiger partial charge in [-0.25, -0.2) is 0 Å². The first-order valence-electron chi connectivity index (χ1n) is 21.7. The van der Waals surface area contributed by atoms with Crippen molar-refractivity contribution in [2.45, 2.75) is 40.8 Å². The Morgan fingerprint density at radius 2 is 0.935 bits per heavy atom. The highest BCUT2D eigenvalue weighted by Gasteiger charge is 2.37. The summed E-state index contributed by atoms with van der Waals surface area (Å²) in [5.74, 6) is 0. The Morgan fingerprint density at radius 1 is 0.403 bits per heavy atom. The second-order valence-corrected chi connectivity index (χ2v) is 21.7. The van der Waals surface area contributed by atoms with Gasteiger partial charge in [-0.05, 0) is 154 Å². The van der Waals surface area contributed by atoms with Crippen molar-refractivity contribution in [1.29, 1.82) is 0 Å². The zero-order valence-corrected chi connectivity index (χ0v) is 37.1. The van der Waals surface area contributed by atoms with Gasteiger partial charge in [0.15, 0.2) is 5.58 Å². The van der Waals surface area contributed by atoms with E-state index in [0.717, 1.165) is 50.4 Å². The number of fused-ring (bicyclic) bond motifs is 5. The van der Waals surface area contributed by atoms with Crippen LogP contribution in [0.3, 0.4) is 0 Å². The van der Waals surface area contributed by atoms with E-state index in [-0.39, 0.29) is 0 Å². The van der Waals surface area contributed by atoms with Gasteiger partial charge in [0.2, 0.25) is 0 Å². The number of hydrogen-bond acceptors (Lipinski definition) is 3. The van der Waals surface area contributed by atoms with E-state index >= 15 is 0 Å². The molecule has 1 aliphatic heterocycles. The maximum absolute atomic E-state index is 6.65. The summed E-state index contributed by atoms with van der Waals surface area (Å²) < 4.78 is 6.65. The number of para-hydroxylation sites is 5. The van der Waals surface area contributed by atoms with Gasteiger partial charge in [-0.3, -0.25) is 0 Å². The lowest BCUT2D eigenvalue weighted by molar-refractivity contribution is 0.669. The number of hydrogen-bond donors (Lipinski definition) is 0. The van der Waals surface area contributed by atoms with Crippen molar-refractivity contribution in [2.75, 3.05) is 9.80 Å². The first-order chi connectivity index (χ1) is 30.2. The predicted molar refractivity (Wildman–Crippen MR) is 267 cm³/mol. The van der Waals surface area contributed by atoms with Gasteiger partial charge in [-0.15, -0.1) is 0 Å². The van der Waals surface area contributed by atoms with Crippen LogP contribution in [0, 0.1) is 27.7 Å². The van der Waals surface area contributed by atoms with Gasteiger partial charge < -0.3 is 14.2 Å². The van der Waals surface area contributed by atoms with Crippen LogP contribution in [0.4, 0.5) is 34.1 Å². The predicted octanol–water partition coefficient (Wildman–Crippen LogP) is 15.4. The van der Waals surface area contributed by atoms with Crippen molar-refractivity contribution in [3.63, 3.8) is 0 Å². The van der Waals surface area contributed by atoms with E-state index in [9.17, 15) is 0 Å². The lowest BCUT2D eigenvalue weighted by Gasteiger charge is -2.36. The fraction of sp³-hybridized carbons (Fsp3) is 0.103. The molecule has 0 bridgehead atoms. The molecular formula is C58H48N2OSi. The molecule has 11 rings (SSSR count). The number of furan rings is 1. The van der Waals surface area contributed by atoms with Crippen LogP contribution >= 0.6 is 0 Å². The third-order valence-corrected chi connectivity index (χ3v) is 17.2. The Labute approximate surface area is 365 Å². The third-order valence-electron chi connectivity index (χ3n) is 13.7. The summed E-state index contributed by atoms with van der Waals surface area (Å²) in [6.07, 6.45) is 0. The van der Waals surface area contributed by atoms with E-state index < -0.39 is 8.07 Å². The molecule has 0 amide bonds. The van der Waals surface area contributed by atoms with E-state index in [1.165, 1.54) is 71.3 Å². The Hall–Kier alpha value is -7.14. The quantitative estimate of drug-likeness (QED) is 0.149. The molecule has 0 fully saturated rings. The summed E-state index contributed by atoms with van der Waals surface area (Å²) in [6, 6.07) is 66.2. The average molecular weight is 817 g/mol. The third kappa shape index (κ3) is 5.70. The van der Waals surface area contributed by atoms with Crippen LogP contribution in [0.1, 0.15) is 22.3 Å². The van der Waals surface area contributed by atoms with Gasteiger partial charge >= 0.3 is 0 Å². The maximum atomic E-state index is 6.65. The van der Waals surface area contributed by atoms with E-state index in [0.29, 0.717) is 0 Å². The molecule has 4 heteroatoms. The molecule has 0 unspecified atom stereocenters. The molecule has 300 valence electrons. The summed E-state index contributed by atoms with van der Waals surface area (Å²) in [5, 5.41) is 7.93. The molecule has 0 saturated carbocycles. The first kappa shape index (κ1) is 37.8. The van der Waals surface area contributed by atoms with Crippen LogP contribution < -0.4 is 20.2 Å². The molecule has 3 nitrogen and oxygen atoms in total. The first-order valence-corrected chi connectivity index (χ1v) is 24.7. The van der Waals surface area contributed by atoms with Gasteiger partial charge in [-0.1, -0.05) is 134 Å². The largest absolute Gasteiger partial charge is 0.454 e. The van der Waals surface area contributed by atoms with E-state index in [1.54, 1.807) is 0 Å². The fourth-order valence-electron chi connectivity index (χ4n) is 10.4. The van der Waals surface area contributed by atoms with Crippen molar-refractivity contribution in [2.24, 2.45) is 0 Å². The van der Waals surface area contributed by atoms with E-state index in [1.807, 2.05) is 6.07 Å². The van der Waals surface area contributed by atoms with Crippen LogP contribution in [0.2, 0.25) is 13.1 Å². The standard InChI is InChI=1S/C58H48N2OSi/c1-37-39(3)57(60(42-22-12-8-13-23-42)43-24-14-9-15-25-43)40(4)38(2)55(37)49-35-34-48-46-33-32-44(36-54(46)62(5,6)53-31-19-27-47(49)56(48)53)59(41-20-10-7-11-21-41)51-29-18-28-50-45-26-16-17-30-52(45)61-58(50)51/h7-36H,1-6H3. The minimum Gasteiger partial charge on any atom is -0.454 e. The van der Waals surface area contributed by atoms with E-state index in [4.69, 9.17) is 4.42 Å². The number of nitrogens with zero attached hydrogens (tertiary/aromatic N) is 2. The maximum Gasteiger partial charge on any atom is 0.159 e. The normalized spacial score (nSPS) is 12.8. The van der Waals surface area contributed by atoms with Crippen molar-refractivity contribution in [3.05, 3.63) is 204 Å². The molecule has 0 saturated heterocycles. The monoisotopic (exact) mass is 816 g/mol. The molecule has 1 aromatic heterocycles. The minimum absolute atomic E-state index is 0.895. The van der Waals surface area contributed by atoms with E-state index in [2.05, 4.69) is 227 Å². The van der Waals surface area contributed by atoms with Gasteiger partial charge in [0.25, 0.3) is 0 Å². The van der Waals surface area contributed by atoms with Crippen molar-refractivity contribution >= 4 is 85.3 Å². The van der Waals surface area contributed by atoms with Gasteiger partial charge in [0.05, 0.1) is 11.4 Å². The molecular weight excluding hydrogens is 769 g/mol. The molecule has 62 heavy (non-hydrogen) atoms. The Balaban J connectivity index is 1.08. The van der Waals surface area contributed by atoms with Crippen molar-refractivity contribution < 1.29 is 4.42 Å². The van der Waals surface area contributed by atoms with Crippen LogP contribution in [-0.2, 0) is 0 Å². The molecule has 0 radical (unpaired) electrons. The molecule has 0 N–H and O–H groups in total. The van der Waals surface area contributed by atoms with Crippen molar-refractivity contribution in [3.8, 4) is 22.3 Å². The van der Waals surface area contributed by atoms with Gasteiger partial charge in [0.1, 0.15) is 13.7 Å². The van der Waals surface area contributed by atoms with Crippen LogP contribution in [-0.4, -0.2) is 8.07 Å². The highest BCUT2D eigenvalue weighted by atomic mass is 28.3. The van der Waals surface area contributed by atoms with Crippen LogP contribution in [0.25, 0.3) is 55.0 Å². The molecule has 10 aromatic rings. The number of anilines is 6. The molecule has 9 aromatic carbocycles.